The maximum Gasteiger partial charge on any atom is 0.330 e. The van der Waals surface area contributed by atoms with Crippen molar-refractivity contribution in [3.05, 3.63) is 60.7 Å². The van der Waals surface area contributed by atoms with Gasteiger partial charge in [-0.1, -0.05) is 70.9 Å². The largest absolute Gasteiger partial charge is 1.00 e. The molecule has 5 N–H and O–H groups in total. The van der Waals surface area contributed by atoms with Gasteiger partial charge in [-0.2, -0.15) is 0 Å². The van der Waals surface area contributed by atoms with Gasteiger partial charge in [-0.05, 0) is 5.56 Å². The SMILES string of the molecule is NNc1n[nH]c2[nH+]nc(-c3ccccc3)c(-c3ccccc3)c12.[Cl-]. The van der Waals surface area contributed by atoms with Crippen LogP contribution in [0.2, 0.25) is 0 Å². The highest BCUT2D eigenvalue weighted by molar-refractivity contribution is 6.04. The summed E-state index contributed by atoms with van der Waals surface area (Å²) >= 11 is 0. The van der Waals surface area contributed by atoms with Crippen LogP contribution in [0.3, 0.4) is 0 Å². The maximum atomic E-state index is 5.63. The molecule has 0 fully saturated rings. The lowest BCUT2D eigenvalue weighted by atomic mass is 9.97. The number of anilines is 1. The van der Waals surface area contributed by atoms with Crippen molar-refractivity contribution in [2.24, 2.45) is 5.84 Å². The van der Waals surface area contributed by atoms with E-state index < -0.39 is 0 Å². The zero-order chi connectivity index (χ0) is 15.6. The quantitative estimate of drug-likeness (QED) is 0.343. The van der Waals surface area contributed by atoms with Gasteiger partial charge < -0.3 is 17.8 Å². The van der Waals surface area contributed by atoms with Gasteiger partial charge in [0.1, 0.15) is 11.1 Å². The molecular formula is C17H15ClN6. The first-order valence-corrected chi connectivity index (χ1v) is 7.25. The zero-order valence-corrected chi connectivity index (χ0v) is 13.4. The molecule has 0 radical (unpaired) electrons. The van der Waals surface area contributed by atoms with Gasteiger partial charge in [-0.15, -0.1) is 10.2 Å². The van der Waals surface area contributed by atoms with E-state index in [0.29, 0.717) is 5.82 Å². The van der Waals surface area contributed by atoms with Crippen LogP contribution in [0.4, 0.5) is 5.82 Å². The number of aromatic amines is 2. The summed E-state index contributed by atoms with van der Waals surface area (Å²) in [5, 5.41) is 15.6. The monoisotopic (exact) mass is 338 g/mol. The van der Waals surface area contributed by atoms with Crippen LogP contribution < -0.4 is 28.8 Å². The minimum absolute atomic E-state index is 0. The van der Waals surface area contributed by atoms with E-state index in [1.54, 1.807) is 0 Å². The molecule has 120 valence electrons. The Morgan fingerprint density at radius 1 is 0.917 bits per heavy atom. The third kappa shape index (κ3) is 2.58. The van der Waals surface area contributed by atoms with Crippen molar-refractivity contribution in [1.82, 2.24) is 15.3 Å². The Balaban J connectivity index is 0.00000169. The number of halogens is 1. The minimum Gasteiger partial charge on any atom is -1.00 e. The molecule has 0 saturated heterocycles. The molecule has 0 atom stereocenters. The van der Waals surface area contributed by atoms with Crippen molar-refractivity contribution < 1.29 is 17.5 Å². The third-order valence-electron chi connectivity index (χ3n) is 3.78. The standard InChI is InChI=1S/C17H14N6.ClH/c18-19-16-14-13(11-7-3-1-4-8-11)15(12-9-5-2-6-10-12)20-22-17(14)23-21-16;/h1-10H,18H2,(H2,19,21,22,23);1H. The van der Waals surface area contributed by atoms with Gasteiger partial charge in [0.2, 0.25) is 0 Å². The third-order valence-corrected chi connectivity index (χ3v) is 3.78. The molecule has 0 unspecified atom stereocenters. The number of hydrogen-bond acceptors (Lipinski definition) is 4. The van der Waals surface area contributed by atoms with E-state index in [1.807, 2.05) is 48.5 Å². The van der Waals surface area contributed by atoms with Crippen molar-refractivity contribution in [2.45, 2.75) is 0 Å². The van der Waals surface area contributed by atoms with E-state index in [4.69, 9.17) is 5.84 Å². The summed E-state index contributed by atoms with van der Waals surface area (Å²) in [5.74, 6) is 6.21. The number of nitrogens with two attached hydrogens (primary N) is 1. The summed E-state index contributed by atoms with van der Waals surface area (Å²) in [6, 6.07) is 20.1. The maximum absolute atomic E-state index is 5.63. The molecule has 24 heavy (non-hydrogen) atoms. The second kappa shape index (κ2) is 6.66. The molecule has 2 heterocycles. The molecule has 0 aliphatic carbocycles. The smallest absolute Gasteiger partial charge is 0.330 e. The Kier molecular flexibility index (Phi) is 4.41. The number of H-pyrrole nitrogens is 2. The van der Waals surface area contributed by atoms with Crippen molar-refractivity contribution in [2.75, 3.05) is 5.43 Å². The highest BCUT2D eigenvalue weighted by Gasteiger charge is 2.22. The van der Waals surface area contributed by atoms with E-state index in [-0.39, 0.29) is 12.4 Å². The number of hydrogen-bond donors (Lipinski definition) is 3. The number of nitrogens with one attached hydrogen (secondary N) is 3. The molecule has 0 bridgehead atoms. The van der Waals surface area contributed by atoms with E-state index in [9.17, 15) is 0 Å². The zero-order valence-electron chi connectivity index (χ0n) is 12.6. The van der Waals surface area contributed by atoms with Crippen LogP contribution in [-0.4, -0.2) is 15.3 Å². The molecule has 0 saturated carbocycles. The normalized spacial score (nSPS) is 10.4. The lowest BCUT2D eigenvalue weighted by molar-refractivity contribution is -0.425. The number of fused-ring (bicyclic) bond motifs is 1. The van der Waals surface area contributed by atoms with E-state index in [0.717, 1.165) is 33.4 Å². The first kappa shape index (κ1) is 15.9. The summed E-state index contributed by atoms with van der Waals surface area (Å²) in [6.45, 7) is 0. The van der Waals surface area contributed by atoms with Crippen LogP contribution >= 0.6 is 0 Å². The molecule has 4 aromatic rings. The molecule has 0 spiro atoms. The Morgan fingerprint density at radius 2 is 1.54 bits per heavy atom. The van der Waals surface area contributed by atoms with E-state index in [2.05, 4.69) is 38.0 Å². The Morgan fingerprint density at radius 3 is 2.17 bits per heavy atom. The van der Waals surface area contributed by atoms with Crippen molar-refractivity contribution in [3.8, 4) is 22.4 Å². The Bertz CT molecular complexity index is 953. The number of nitrogen functional groups attached to an aromatic ring is 1. The molecule has 0 amide bonds. The highest BCUT2D eigenvalue weighted by atomic mass is 35.5. The Labute approximate surface area is 144 Å². The predicted octanol–water partition coefficient (Wildman–Crippen LogP) is -0.604. The highest BCUT2D eigenvalue weighted by Crippen LogP contribution is 2.36. The lowest BCUT2D eigenvalue weighted by Gasteiger charge is -2.08. The number of benzene rings is 2. The molecule has 0 aliphatic heterocycles. The summed E-state index contributed by atoms with van der Waals surface area (Å²) in [7, 11) is 0. The second-order valence-electron chi connectivity index (χ2n) is 5.15. The van der Waals surface area contributed by atoms with E-state index >= 15 is 0 Å². The molecule has 7 heteroatoms. The molecule has 0 aliphatic rings. The topological polar surface area (TPSA) is 93.8 Å². The van der Waals surface area contributed by atoms with Crippen LogP contribution in [0.25, 0.3) is 33.4 Å². The van der Waals surface area contributed by atoms with Crippen molar-refractivity contribution in [3.63, 3.8) is 0 Å². The van der Waals surface area contributed by atoms with Gasteiger partial charge in [-0.25, -0.2) is 5.84 Å². The van der Waals surface area contributed by atoms with Gasteiger partial charge in [-0.3, -0.25) is 0 Å². The summed E-state index contributed by atoms with van der Waals surface area (Å²) in [5.41, 5.74) is 7.27. The van der Waals surface area contributed by atoms with Crippen LogP contribution in [0.15, 0.2) is 60.7 Å². The number of nitrogens with zero attached hydrogens (tertiary/aromatic N) is 2. The van der Waals surface area contributed by atoms with Crippen LogP contribution in [-0.2, 0) is 0 Å². The van der Waals surface area contributed by atoms with Gasteiger partial charge >= 0.3 is 5.65 Å². The van der Waals surface area contributed by atoms with Gasteiger partial charge in [0, 0.05) is 11.1 Å². The van der Waals surface area contributed by atoms with Crippen LogP contribution in [0.1, 0.15) is 0 Å². The van der Waals surface area contributed by atoms with Gasteiger partial charge in [0.05, 0.1) is 0 Å². The first-order valence-electron chi connectivity index (χ1n) is 7.25. The summed E-state index contributed by atoms with van der Waals surface area (Å²) in [6.07, 6.45) is 0. The number of hydrazine groups is 1. The fourth-order valence-corrected chi connectivity index (χ4v) is 2.75. The molecule has 2 aromatic carbocycles. The Hall–Kier alpha value is -2.96. The number of rotatable bonds is 3. The number of aromatic nitrogens is 4. The fraction of sp³-hybridized carbons (Fsp3) is 0. The van der Waals surface area contributed by atoms with Gasteiger partial charge in [0.25, 0.3) is 0 Å². The molecule has 6 nitrogen and oxygen atoms in total. The average Bonchev–Trinajstić information content (AvgIpc) is 3.05. The predicted molar refractivity (Wildman–Crippen MR) is 89.1 cm³/mol. The fourth-order valence-electron chi connectivity index (χ4n) is 2.75. The summed E-state index contributed by atoms with van der Waals surface area (Å²) < 4.78 is 0. The average molecular weight is 339 g/mol. The molecule has 4 rings (SSSR count). The molecular weight excluding hydrogens is 324 g/mol. The second-order valence-corrected chi connectivity index (χ2v) is 5.15. The van der Waals surface area contributed by atoms with Crippen LogP contribution in [0, 0.1) is 0 Å². The van der Waals surface area contributed by atoms with Gasteiger partial charge in [0.15, 0.2) is 5.82 Å². The first-order chi connectivity index (χ1) is 11.4. The molecule has 2 aromatic heterocycles. The minimum atomic E-state index is 0. The van der Waals surface area contributed by atoms with Crippen molar-refractivity contribution in [1.29, 1.82) is 0 Å². The van der Waals surface area contributed by atoms with Crippen molar-refractivity contribution >= 4 is 16.9 Å². The van der Waals surface area contributed by atoms with Crippen LogP contribution in [0.5, 0.6) is 0 Å². The lowest BCUT2D eigenvalue weighted by Crippen LogP contribution is -3.00. The summed E-state index contributed by atoms with van der Waals surface area (Å²) in [4.78, 5) is 0. The van der Waals surface area contributed by atoms with E-state index in [1.165, 1.54) is 0 Å².